The van der Waals surface area contributed by atoms with Crippen LogP contribution < -0.4 is 10.2 Å². The number of nitrogens with zero attached hydrogens (tertiary/aromatic N) is 4. The van der Waals surface area contributed by atoms with Crippen LogP contribution in [0.1, 0.15) is 34.7 Å². The Morgan fingerprint density at radius 3 is 2.77 bits per heavy atom. The molecule has 0 bridgehead atoms. The molecule has 30 heavy (non-hydrogen) atoms. The van der Waals surface area contributed by atoms with Crippen LogP contribution in [-0.2, 0) is 4.74 Å². The lowest BCUT2D eigenvalue weighted by Crippen LogP contribution is -2.37. The Kier molecular flexibility index (Phi) is 5.71. The van der Waals surface area contributed by atoms with Crippen LogP contribution in [0.3, 0.4) is 0 Å². The SMILES string of the molecule is Cc1ccc(-c2cc(C(=O)N[C@@H](C)c3nnc[nH]3)cc(N3CCOCC3)n2)c(F)c1. The highest BCUT2D eigenvalue weighted by molar-refractivity contribution is 5.96. The molecule has 4 rings (SSSR count). The molecule has 3 heterocycles. The molecule has 1 aliphatic heterocycles. The van der Waals surface area contributed by atoms with Crippen molar-refractivity contribution in [2.24, 2.45) is 0 Å². The first-order valence-corrected chi connectivity index (χ1v) is 9.79. The topological polar surface area (TPSA) is 96.0 Å². The van der Waals surface area contributed by atoms with E-state index in [0.717, 1.165) is 5.56 Å². The summed E-state index contributed by atoms with van der Waals surface area (Å²) < 4.78 is 20.1. The number of halogens is 1. The Morgan fingerprint density at radius 2 is 2.07 bits per heavy atom. The lowest BCUT2D eigenvalue weighted by Gasteiger charge is -2.28. The number of aromatic nitrogens is 4. The molecular weight excluding hydrogens is 387 g/mol. The van der Waals surface area contributed by atoms with Gasteiger partial charge in [0, 0.05) is 24.2 Å². The van der Waals surface area contributed by atoms with E-state index < -0.39 is 0 Å². The summed E-state index contributed by atoms with van der Waals surface area (Å²) in [5, 5.41) is 10.6. The number of benzene rings is 1. The molecule has 156 valence electrons. The predicted octanol–water partition coefficient (Wildman–Crippen LogP) is 2.64. The van der Waals surface area contributed by atoms with Crippen molar-refractivity contribution >= 4 is 11.7 Å². The quantitative estimate of drug-likeness (QED) is 0.671. The van der Waals surface area contributed by atoms with E-state index in [1.165, 1.54) is 12.4 Å². The van der Waals surface area contributed by atoms with E-state index in [9.17, 15) is 9.18 Å². The first-order chi connectivity index (χ1) is 14.5. The molecule has 0 saturated carbocycles. The monoisotopic (exact) mass is 410 g/mol. The highest BCUT2D eigenvalue weighted by Gasteiger charge is 2.20. The Hall–Kier alpha value is -3.33. The summed E-state index contributed by atoms with van der Waals surface area (Å²) in [5.41, 5.74) is 1.98. The lowest BCUT2D eigenvalue weighted by atomic mass is 10.1. The zero-order valence-corrected chi connectivity index (χ0v) is 16.9. The third-order valence-corrected chi connectivity index (χ3v) is 5.00. The third kappa shape index (κ3) is 4.30. The van der Waals surface area contributed by atoms with Crippen molar-refractivity contribution in [3.05, 3.63) is 59.4 Å². The van der Waals surface area contributed by atoms with Crippen LogP contribution in [0.15, 0.2) is 36.7 Å². The van der Waals surface area contributed by atoms with Gasteiger partial charge in [0.15, 0.2) is 5.82 Å². The van der Waals surface area contributed by atoms with E-state index in [0.29, 0.717) is 54.8 Å². The lowest BCUT2D eigenvalue weighted by molar-refractivity contribution is 0.0938. The van der Waals surface area contributed by atoms with Gasteiger partial charge in [-0.15, -0.1) is 10.2 Å². The molecular formula is C21H23FN6O2. The summed E-state index contributed by atoms with van der Waals surface area (Å²) in [6.07, 6.45) is 1.46. The number of hydrogen-bond donors (Lipinski definition) is 2. The first kappa shape index (κ1) is 20.0. The van der Waals surface area contributed by atoms with Gasteiger partial charge >= 0.3 is 0 Å². The molecule has 0 unspecified atom stereocenters. The van der Waals surface area contributed by atoms with Crippen LogP contribution in [0.4, 0.5) is 10.2 Å². The van der Waals surface area contributed by atoms with Gasteiger partial charge in [-0.3, -0.25) is 4.79 Å². The van der Waals surface area contributed by atoms with Crippen LogP contribution in [-0.4, -0.2) is 52.4 Å². The number of nitrogens with one attached hydrogen (secondary N) is 2. The Labute approximate surface area is 173 Å². The van der Waals surface area contributed by atoms with Crippen LogP contribution in [0.2, 0.25) is 0 Å². The maximum absolute atomic E-state index is 14.6. The number of aromatic amines is 1. The minimum absolute atomic E-state index is 0.301. The number of morpholine rings is 1. The van der Waals surface area contributed by atoms with Gasteiger partial charge in [0.05, 0.1) is 24.9 Å². The van der Waals surface area contributed by atoms with Crippen LogP contribution >= 0.6 is 0 Å². The number of carbonyl (C=O) groups is 1. The summed E-state index contributed by atoms with van der Waals surface area (Å²) in [5.74, 6) is 0.497. The normalized spacial score (nSPS) is 15.1. The largest absolute Gasteiger partial charge is 0.378 e. The summed E-state index contributed by atoms with van der Waals surface area (Å²) in [7, 11) is 0. The summed E-state index contributed by atoms with van der Waals surface area (Å²) >= 11 is 0. The number of carbonyl (C=O) groups excluding carboxylic acids is 1. The molecule has 1 atom stereocenters. The molecule has 2 aromatic heterocycles. The molecule has 1 aromatic carbocycles. The molecule has 0 spiro atoms. The molecule has 1 amide bonds. The van der Waals surface area contributed by atoms with Gasteiger partial charge in [-0.2, -0.15) is 0 Å². The first-order valence-electron chi connectivity index (χ1n) is 9.79. The Balaban J connectivity index is 1.70. The number of amides is 1. The number of pyridine rings is 1. The summed E-state index contributed by atoms with van der Waals surface area (Å²) in [4.78, 5) is 22.5. The van der Waals surface area contributed by atoms with E-state index in [1.54, 1.807) is 18.2 Å². The number of aryl methyl sites for hydroxylation is 1. The number of H-pyrrole nitrogens is 1. The zero-order chi connectivity index (χ0) is 21.1. The minimum Gasteiger partial charge on any atom is -0.378 e. The number of hydrogen-bond acceptors (Lipinski definition) is 6. The molecule has 0 radical (unpaired) electrons. The summed E-state index contributed by atoms with van der Waals surface area (Å²) in [6, 6.07) is 7.95. The Morgan fingerprint density at radius 1 is 1.27 bits per heavy atom. The fourth-order valence-electron chi connectivity index (χ4n) is 3.34. The molecule has 1 fully saturated rings. The number of ether oxygens (including phenoxy) is 1. The highest BCUT2D eigenvalue weighted by atomic mass is 19.1. The van der Waals surface area contributed by atoms with Crippen LogP contribution in [0.25, 0.3) is 11.3 Å². The molecule has 0 aliphatic carbocycles. The van der Waals surface area contributed by atoms with Crippen molar-refractivity contribution in [3.63, 3.8) is 0 Å². The van der Waals surface area contributed by atoms with Crippen LogP contribution in [0.5, 0.6) is 0 Å². The molecule has 3 aromatic rings. The minimum atomic E-state index is -0.372. The van der Waals surface area contributed by atoms with E-state index >= 15 is 0 Å². The maximum atomic E-state index is 14.6. The van der Waals surface area contributed by atoms with Crippen molar-refractivity contribution in [1.29, 1.82) is 0 Å². The number of rotatable bonds is 5. The van der Waals surface area contributed by atoms with Gasteiger partial charge in [-0.25, -0.2) is 9.37 Å². The third-order valence-electron chi connectivity index (χ3n) is 5.00. The van der Waals surface area contributed by atoms with Crippen molar-refractivity contribution < 1.29 is 13.9 Å². The molecule has 9 heteroatoms. The fraction of sp³-hybridized carbons (Fsp3) is 0.333. The predicted molar refractivity (Wildman–Crippen MR) is 110 cm³/mol. The second kappa shape index (κ2) is 8.58. The molecule has 1 aliphatic rings. The fourth-order valence-corrected chi connectivity index (χ4v) is 3.34. The van der Waals surface area contributed by atoms with Gasteiger partial charge in [0.2, 0.25) is 0 Å². The highest BCUT2D eigenvalue weighted by Crippen LogP contribution is 2.27. The average molecular weight is 410 g/mol. The average Bonchev–Trinajstić information content (AvgIpc) is 3.29. The van der Waals surface area contributed by atoms with E-state index in [-0.39, 0.29) is 17.8 Å². The van der Waals surface area contributed by atoms with Crippen molar-refractivity contribution in [3.8, 4) is 11.3 Å². The van der Waals surface area contributed by atoms with Gasteiger partial charge in [0.25, 0.3) is 5.91 Å². The maximum Gasteiger partial charge on any atom is 0.252 e. The van der Waals surface area contributed by atoms with Gasteiger partial charge < -0.3 is 19.9 Å². The van der Waals surface area contributed by atoms with Gasteiger partial charge in [-0.1, -0.05) is 6.07 Å². The zero-order valence-electron chi connectivity index (χ0n) is 16.9. The molecule has 2 N–H and O–H groups in total. The van der Waals surface area contributed by atoms with E-state index in [2.05, 4.69) is 25.5 Å². The van der Waals surface area contributed by atoms with Gasteiger partial charge in [-0.05, 0) is 43.7 Å². The molecule has 8 nitrogen and oxygen atoms in total. The van der Waals surface area contributed by atoms with Crippen molar-refractivity contribution in [2.75, 3.05) is 31.2 Å². The van der Waals surface area contributed by atoms with Crippen molar-refractivity contribution in [2.45, 2.75) is 19.9 Å². The van der Waals surface area contributed by atoms with Gasteiger partial charge in [0.1, 0.15) is 18.0 Å². The summed E-state index contributed by atoms with van der Waals surface area (Å²) in [6.45, 7) is 6.10. The number of anilines is 1. The second-order valence-electron chi connectivity index (χ2n) is 7.25. The Bertz CT molecular complexity index is 1030. The van der Waals surface area contributed by atoms with Crippen LogP contribution in [0, 0.1) is 12.7 Å². The van der Waals surface area contributed by atoms with E-state index in [4.69, 9.17) is 4.74 Å². The van der Waals surface area contributed by atoms with Crippen molar-refractivity contribution in [1.82, 2.24) is 25.5 Å². The standard InChI is InChI=1S/C21H23FN6O2/c1-13-3-4-16(17(22)9-13)18-10-15(11-19(26-18)28-5-7-30-8-6-28)21(29)25-14(2)20-23-12-24-27-20/h3-4,9-12,14H,5-8H2,1-2H3,(H,25,29)(H,23,24,27)/t14-/m0/s1. The molecule has 1 saturated heterocycles. The van der Waals surface area contributed by atoms with E-state index in [1.807, 2.05) is 24.8 Å². The second-order valence-corrected chi connectivity index (χ2v) is 7.25. The smallest absolute Gasteiger partial charge is 0.252 e.